The van der Waals surface area contributed by atoms with Crippen molar-refractivity contribution in [1.82, 2.24) is 25.3 Å². The number of fused-ring (bicyclic) bond motifs is 1. The van der Waals surface area contributed by atoms with Gasteiger partial charge in [0.2, 0.25) is 10.3 Å². The predicted molar refractivity (Wildman–Crippen MR) is 180 cm³/mol. The van der Waals surface area contributed by atoms with Crippen LogP contribution in [0.3, 0.4) is 0 Å². The van der Waals surface area contributed by atoms with Crippen molar-refractivity contribution < 1.29 is 17.5 Å². The molecule has 0 bridgehead atoms. The first-order valence-corrected chi connectivity index (χ1v) is 16.5. The van der Waals surface area contributed by atoms with Crippen molar-refractivity contribution in [2.45, 2.75) is 13.0 Å². The molecule has 0 aliphatic carbocycles. The molecular weight excluding hydrogens is 647 g/mol. The molecule has 0 atom stereocenters. The van der Waals surface area contributed by atoms with Gasteiger partial charge >= 0.3 is 0 Å². The number of nitrogens with one attached hydrogen (secondary N) is 2. The monoisotopic (exact) mass is 672 g/mol. The summed E-state index contributed by atoms with van der Waals surface area (Å²) in [5.41, 5.74) is 4.34. The largest absolute Gasteiger partial charge is 0.487 e. The molecule has 9 nitrogen and oxygen atoms in total. The fourth-order valence-corrected chi connectivity index (χ4v) is 6.21. The number of ether oxygens (including phenoxy) is 1. The Bertz CT molecular complexity index is 2140. The fourth-order valence-electron chi connectivity index (χ4n) is 4.65. The van der Waals surface area contributed by atoms with Gasteiger partial charge in [0.25, 0.3) is 0 Å². The zero-order valence-corrected chi connectivity index (χ0v) is 26.5. The number of thiazole rings is 1. The number of rotatable bonds is 12. The van der Waals surface area contributed by atoms with Crippen LogP contribution in [0.1, 0.15) is 16.3 Å². The maximum absolute atomic E-state index is 13.5. The number of aromatic nitrogens is 4. The van der Waals surface area contributed by atoms with Crippen molar-refractivity contribution in [3.8, 4) is 17.0 Å². The third-order valence-corrected chi connectivity index (χ3v) is 8.87. The molecule has 0 aliphatic rings. The molecule has 0 amide bonds. The second kappa shape index (κ2) is 14.6. The van der Waals surface area contributed by atoms with E-state index >= 15 is 0 Å². The zero-order chi connectivity index (χ0) is 31.9. The van der Waals surface area contributed by atoms with Crippen LogP contribution >= 0.6 is 22.9 Å². The minimum absolute atomic E-state index is 0.182. The Hall–Kier alpha value is -4.75. The van der Waals surface area contributed by atoms with Crippen LogP contribution in [-0.4, -0.2) is 46.3 Å². The Labute approximate surface area is 274 Å². The number of nitrogens with zero attached hydrogens (tertiary/aromatic N) is 4. The first-order valence-electron chi connectivity index (χ1n) is 14.1. The van der Waals surface area contributed by atoms with Crippen molar-refractivity contribution >= 4 is 60.5 Å². The van der Waals surface area contributed by atoms with E-state index in [9.17, 15) is 12.8 Å². The van der Waals surface area contributed by atoms with Gasteiger partial charge in [0, 0.05) is 47.7 Å². The van der Waals surface area contributed by atoms with Crippen molar-refractivity contribution in [3.05, 3.63) is 124 Å². The van der Waals surface area contributed by atoms with Gasteiger partial charge in [-0.3, -0.25) is 4.98 Å². The summed E-state index contributed by atoms with van der Waals surface area (Å²) in [5.74, 6) is 0.762. The van der Waals surface area contributed by atoms with Gasteiger partial charge in [0.1, 0.15) is 35.2 Å². The van der Waals surface area contributed by atoms with Gasteiger partial charge in [0.05, 0.1) is 26.9 Å². The number of hydrogen-bond acceptors (Lipinski definition) is 10. The third-order valence-electron chi connectivity index (χ3n) is 6.91. The lowest BCUT2D eigenvalue weighted by atomic mass is 10.1. The van der Waals surface area contributed by atoms with E-state index in [0.29, 0.717) is 46.5 Å². The first-order chi connectivity index (χ1) is 22.4. The van der Waals surface area contributed by atoms with E-state index in [-0.39, 0.29) is 23.8 Å². The Balaban J connectivity index is 1.11. The summed E-state index contributed by atoms with van der Waals surface area (Å²) in [6.45, 7) is 0.923. The Morgan fingerprint density at radius 2 is 1.89 bits per heavy atom. The summed E-state index contributed by atoms with van der Waals surface area (Å²) in [6, 6.07) is 22.6. The lowest BCUT2D eigenvalue weighted by molar-refractivity contribution is 0.306. The maximum atomic E-state index is 13.5. The lowest BCUT2D eigenvalue weighted by Gasteiger charge is -2.12. The van der Waals surface area contributed by atoms with Gasteiger partial charge in [-0.25, -0.2) is 19.3 Å². The summed E-state index contributed by atoms with van der Waals surface area (Å²) in [4.78, 5) is 18.0. The Morgan fingerprint density at radius 3 is 2.70 bits per heavy atom. The average molecular weight is 673 g/mol. The fraction of sp³-hybridized carbons (Fsp3) is 0.121. The number of hydrogen-bond donors (Lipinski definition) is 2. The predicted octanol–water partition coefficient (Wildman–Crippen LogP) is 6.50. The first kappa shape index (κ1) is 31.2. The molecule has 0 radical (unpaired) electrons. The Kier molecular flexibility index (Phi) is 9.89. The zero-order valence-electron chi connectivity index (χ0n) is 24.2. The van der Waals surface area contributed by atoms with E-state index in [4.69, 9.17) is 21.3 Å². The number of anilines is 2. The summed E-state index contributed by atoms with van der Waals surface area (Å²) < 4.78 is 42.7. The minimum Gasteiger partial charge on any atom is -0.487 e. The molecule has 232 valence electrons. The second-order valence-electron chi connectivity index (χ2n) is 10.1. The maximum Gasteiger partial charge on any atom is 0.220 e. The number of halogens is 2. The van der Waals surface area contributed by atoms with Crippen molar-refractivity contribution in [2.75, 3.05) is 18.4 Å². The van der Waals surface area contributed by atoms with E-state index in [1.807, 2.05) is 29.6 Å². The van der Waals surface area contributed by atoms with E-state index in [0.717, 1.165) is 27.2 Å². The number of pyridine rings is 1. The van der Waals surface area contributed by atoms with E-state index < -0.39 is 10.3 Å². The van der Waals surface area contributed by atoms with Gasteiger partial charge in [0.15, 0.2) is 0 Å². The highest BCUT2D eigenvalue weighted by atomic mass is 35.5. The van der Waals surface area contributed by atoms with Gasteiger partial charge in [-0.05, 0) is 60.2 Å². The molecule has 13 heteroatoms. The summed E-state index contributed by atoms with van der Waals surface area (Å²) in [7, 11) is -2.37. The minimum atomic E-state index is -2.37. The Morgan fingerprint density at radius 1 is 0.978 bits per heavy atom. The molecule has 0 fully saturated rings. The van der Waals surface area contributed by atoms with Gasteiger partial charge < -0.3 is 15.4 Å². The normalized spacial score (nSPS) is 11.0. The molecule has 0 aliphatic heterocycles. The van der Waals surface area contributed by atoms with E-state index in [1.54, 1.807) is 60.0 Å². The van der Waals surface area contributed by atoms with Crippen molar-refractivity contribution in [3.63, 3.8) is 0 Å². The standard InChI is InChI=1S/C33H26ClFN6O3S2/c34-26-16-24(8-10-30(26)44-18-21-4-3-5-23(35)14-21)40-33-25-15-22(7-9-27(25)38-20-39-33)29-19-45-32(41-29)11-13-36-17-31(46(42)43)28-6-1-2-12-37-28/h1-10,12,14-16,19-20,36H,11,13,17-18H2,(H,38,39,40). The SMILES string of the molecule is O=S(=O)=C(CNCCc1nc(-c2ccc3ncnc(Nc4ccc(OCc5cccc(F)c5)c(Cl)c4)c3c2)cs1)c1ccccn1. The molecule has 6 rings (SSSR count). The molecule has 0 saturated carbocycles. The van der Waals surface area contributed by atoms with Gasteiger partial charge in [-0.15, -0.1) is 11.3 Å². The molecule has 3 heterocycles. The average Bonchev–Trinajstić information content (AvgIpc) is 3.54. The molecular formula is C33H26ClFN6O3S2. The summed E-state index contributed by atoms with van der Waals surface area (Å²) >= 11 is 8.05. The summed E-state index contributed by atoms with van der Waals surface area (Å²) in [5, 5.41) is 10.6. The van der Waals surface area contributed by atoms with Crippen LogP contribution in [0.15, 0.2) is 96.8 Å². The highest BCUT2D eigenvalue weighted by Gasteiger charge is 2.12. The molecule has 3 aromatic carbocycles. The van der Waals surface area contributed by atoms with E-state index in [2.05, 4.69) is 25.6 Å². The quantitative estimate of drug-likeness (QED) is 0.0854. The van der Waals surface area contributed by atoms with Crippen LogP contribution < -0.4 is 15.4 Å². The van der Waals surface area contributed by atoms with Gasteiger partial charge in [-0.1, -0.05) is 35.9 Å². The smallest absolute Gasteiger partial charge is 0.220 e. The van der Waals surface area contributed by atoms with Crippen molar-refractivity contribution in [2.24, 2.45) is 0 Å². The molecule has 2 N–H and O–H groups in total. The van der Waals surface area contributed by atoms with E-state index in [1.165, 1.54) is 18.5 Å². The highest BCUT2D eigenvalue weighted by molar-refractivity contribution is 7.73. The highest BCUT2D eigenvalue weighted by Crippen LogP contribution is 2.32. The molecule has 6 aromatic rings. The van der Waals surface area contributed by atoms with Crippen LogP contribution in [0.2, 0.25) is 5.02 Å². The molecule has 0 unspecified atom stereocenters. The second-order valence-corrected chi connectivity index (χ2v) is 12.4. The van der Waals surface area contributed by atoms with Gasteiger partial charge in [-0.2, -0.15) is 8.42 Å². The molecule has 3 aromatic heterocycles. The van der Waals surface area contributed by atoms with Crippen LogP contribution in [0.5, 0.6) is 5.75 Å². The molecule has 0 spiro atoms. The molecule has 0 saturated heterocycles. The summed E-state index contributed by atoms with van der Waals surface area (Å²) in [6.07, 6.45) is 3.70. The van der Waals surface area contributed by atoms with Crippen LogP contribution in [0.25, 0.3) is 22.2 Å². The topological polar surface area (TPSA) is 119 Å². The molecule has 46 heavy (non-hydrogen) atoms. The van der Waals surface area contributed by atoms with Crippen LogP contribution in [0.4, 0.5) is 15.9 Å². The van der Waals surface area contributed by atoms with Crippen molar-refractivity contribution in [1.29, 1.82) is 0 Å². The number of benzene rings is 3. The van der Waals surface area contributed by atoms with Crippen LogP contribution in [-0.2, 0) is 23.3 Å². The van der Waals surface area contributed by atoms with Crippen LogP contribution in [0, 0.1) is 5.82 Å². The third kappa shape index (κ3) is 7.72. The lowest BCUT2D eigenvalue weighted by Crippen LogP contribution is -2.26.